The highest BCUT2D eigenvalue weighted by molar-refractivity contribution is 9.10. The maximum atomic E-state index is 4.44. The Balaban J connectivity index is 2.19. The highest BCUT2D eigenvalue weighted by atomic mass is 79.9. The zero-order valence-electron chi connectivity index (χ0n) is 8.21. The Bertz CT molecular complexity index is 633. The number of nitrogens with zero attached hydrogens (tertiary/aromatic N) is 4. The van der Waals surface area contributed by atoms with Gasteiger partial charge in [0.2, 0.25) is 0 Å². The lowest BCUT2D eigenvalue weighted by atomic mass is 10.3. The van der Waals surface area contributed by atoms with Crippen LogP contribution in [0.4, 0.5) is 0 Å². The molecular weight excluding hydrogens is 268 g/mol. The fraction of sp³-hybridized carbons (Fsp3) is 0. The summed E-state index contributed by atoms with van der Waals surface area (Å²) < 4.78 is 2.74. The fourth-order valence-electron chi connectivity index (χ4n) is 1.48. The summed E-state index contributed by atoms with van der Waals surface area (Å²) in [5, 5.41) is 4.38. The summed E-state index contributed by atoms with van der Waals surface area (Å²) in [7, 11) is 0. The number of halogens is 1. The van der Waals surface area contributed by atoms with E-state index in [-0.39, 0.29) is 0 Å². The highest BCUT2D eigenvalue weighted by Gasteiger charge is 2.05. The van der Waals surface area contributed by atoms with E-state index >= 15 is 0 Å². The largest absolute Gasteiger partial charge is 0.265 e. The second kappa shape index (κ2) is 3.68. The normalized spacial score (nSPS) is 10.8. The third kappa shape index (κ3) is 1.59. The fourth-order valence-corrected chi connectivity index (χ4v) is 1.80. The van der Waals surface area contributed by atoms with E-state index in [2.05, 4.69) is 31.0 Å². The molecule has 3 aromatic heterocycles. The Morgan fingerprint density at radius 3 is 2.75 bits per heavy atom. The maximum Gasteiger partial charge on any atom is 0.182 e. The summed E-state index contributed by atoms with van der Waals surface area (Å²) in [4.78, 5) is 8.41. The molecule has 0 spiro atoms. The first kappa shape index (κ1) is 9.47. The van der Waals surface area contributed by atoms with Crippen molar-refractivity contribution in [1.82, 2.24) is 19.6 Å². The molecule has 78 valence electrons. The molecule has 3 heterocycles. The van der Waals surface area contributed by atoms with Gasteiger partial charge >= 0.3 is 0 Å². The lowest BCUT2D eigenvalue weighted by molar-refractivity contribution is 0.964. The number of rotatable bonds is 1. The average molecular weight is 275 g/mol. The maximum absolute atomic E-state index is 4.44. The molecular formula is C11H7BrN4. The first-order valence-corrected chi connectivity index (χ1v) is 5.54. The van der Waals surface area contributed by atoms with Crippen molar-refractivity contribution in [1.29, 1.82) is 0 Å². The third-order valence-corrected chi connectivity index (χ3v) is 2.73. The van der Waals surface area contributed by atoms with Crippen molar-refractivity contribution in [2.24, 2.45) is 0 Å². The van der Waals surface area contributed by atoms with Crippen molar-refractivity contribution < 1.29 is 0 Å². The lowest BCUT2D eigenvalue weighted by Crippen LogP contribution is -1.85. The summed E-state index contributed by atoms with van der Waals surface area (Å²) in [6.07, 6.45) is 5.34. The van der Waals surface area contributed by atoms with Crippen LogP contribution in [0.25, 0.3) is 17.0 Å². The molecule has 0 unspecified atom stereocenters. The zero-order chi connectivity index (χ0) is 11.0. The van der Waals surface area contributed by atoms with Gasteiger partial charge in [-0.05, 0) is 24.3 Å². The molecule has 4 nitrogen and oxygen atoms in total. The predicted molar refractivity (Wildman–Crippen MR) is 63.9 cm³/mol. The predicted octanol–water partition coefficient (Wildman–Crippen LogP) is 2.55. The van der Waals surface area contributed by atoms with Crippen LogP contribution >= 0.6 is 15.9 Å². The number of hydrogen-bond donors (Lipinski definition) is 0. The monoisotopic (exact) mass is 274 g/mol. The van der Waals surface area contributed by atoms with Gasteiger partial charge in [-0.2, -0.15) is 0 Å². The first-order chi connectivity index (χ1) is 7.83. The van der Waals surface area contributed by atoms with E-state index in [9.17, 15) is 0 Å². The van der Waals surface area contributed by atoms with E-state index in [4.69, 9.17) is 0 Å². The van der Waals surface area contributed by atoms with Crippen molar-refractivity contribution >= 4 is 21.6 Å². The summed E-state index contributed by atoms with van der Waals surface area (Å²) in [5.74, 6) is 0.709. The van der Waals surface area contributed by atoms with Crippen molar-refractivity contribution in [3.05, 3.63) is 47.3 Å². The van der Waals surface area contributed by atoms with Gasteiger partial charge in [0.1, 0.15) is 0 Å². The molecule has 0 fully saturated rings. The quantitative estimate of drug-likeness (QED) is 0.685. The zero-order valence-corrected chi connectivity index (χ0v) is 9.79. The second-order valence-electron chi connectivity index (χ2n) is 3.32. The van der Waals surface area contributed by atoms with Crippen LogP contribution in [-0.2, 0) is 0 Å². The molecule has 3 aromatic rings. The highest BCUT2D eigenvalue weighted by Crippen LogP contribution is 2.17. The van der Waals surface area contributed by atoms with Crippen LogP contribution in [0.5, 0.6) is 0 Å². The van der Waals surface area contributed by atoms with E-state index in [0.29, 0.717) is 5.82 Å². The SMILES string of the molecule is Brc1ccn2nc(-c3ccncc3)nc2c1. The Morgan fingerprint density at radius 2 is 1.94 bits per heavy atom. The Kier molecular flexibility index (Phi) is 2.18. The molecule has 0 amide bonds. The Morgan fingerprint density at radius 1 is 1.12 bits per heavy atom. The van der Waals surface area contributed by atoms with Crippen LogP contribution < -0.4 is 0 Å². The lowest BCUT2D eigenvalue weighted by Gasteiger charge is -1.90. The molecule has 3 rings (SSSR count). The Labute approximate surface area is 100 Å². The van der Waals surface area contributed by atoms with Crippen molar-refractivity contribution in [2.45, 2.75) is 0 Å². The molecule has 0 saturated heterocycles. The summed E-state index contributed by atoms with van der Waals surface area (Å²) >= 11 is 3.41. The topological polar surface area (TPSA) is 43.1 Å². The standard InChI is InChI=1S/C11H7BrN4/c12-9-3-6-16-10(7-9)14-11(15-16)8-1-4-13-5-2-8/h1-7H. The molecule has 0 aliphatic carbocycles. The van der Waals surface area contributed by atoms with Gasteiger partial charge in [-0.25, -0.2) is 9.50 Å². The second-order valence-corrected chi connectivity index (χ2v) is 4.23. The van der Waals surface area contributed by atoms with Crippen molar-refractivity contribution in [3.8, 4) is 11.4 Å². The van der Waals surface area contributed by atoms with Gasteiger partial charge in [-0.15, -0.1) is 5.10 Å². The van der Waals surface area contributed by atoms with Crippen molar-refractivity contribution in [3.63, 3.8) is 0 Å². The van der Waals surface area contributed by atoms with Crippen LogP contribution in [0.2, 0.25) is 0 Å². The van der Waals surface area contributed by atoms with E-state index in [1.165, 1.54) is 0 Å². The molecule has 0 aliphatic rings. The van der Waals surface area contributed by atoms with Crippen LogP contribution in [0, 0.1) is 0 Å². The van der Waals surface area contributed by atoms with E-state index in [0.717, 1.165) is 15.7 Å². The van der Waals surface area contributed by atoms with E-state index in [1.807, 2.05) is 30.5 Å². The molecule has 0 N–H and O–H groups in total. The minimum Gasteiger partial charge on any atom is -0.265 e. The number of hydrogen-bond acceptors (Lipinski definition) is 3. The molecule has 5 heteroatoms. The molecule has 0 atom stereocenters. The molecule has 0 saturated carbocycles. The smallest absolute Gasteiger partial charge is 0.182 e. The van der Waals surface area contributed by atoms with Crippen LogP contribution in [0.15, 0.2) is 47.3 Å². The summed E-state index contributed by atoms with van der Waals surface area (Å²) in [5.41, 5.74) is 1.79. The van der Waals surface area contributed by atoms with Crippen molar-refractivity contribution in [2.75, 3.05) is 0 Å². The third-order valence-electron chi connectivity index (χ3n) is 2.24. The molecule has 0 radical (unpaired) electrons. The van der Waals surface area contributed by atoms with Crippen LogP contribution in [0.1, 0.15) is 0 Å². The minimum absolute atomic E-state index is 0.709. The van der Waals surface area contributed by atoms with Gasteiger partial charge in [-0.3, -0.25) is 4.98 Å². The molecule has 0 aliphatic heterocycles. The minimum atomic E-state index is 0.709. The first-order valence-electron chi connectivity index (χ1n) is 4.75. The van der Waals surface area contributed by atoms with Crippen LogP contribution in [0.3, 0.4) is 0 Å². The van der Waals surface area contributed by atoms with Crippen LogP contribution in [-0.4, -0.2) is 19.6 Å². The molecule has 16 heavy (non-hydrogen) atoms. The van der Waals surface area contributed by atoms with Gasteiger partial charge in [0.05, 0.1) is 0 Å². The summed E-state index contributed by atoms with van der Waals surface area (Å²) in [6, 6.07) is 7.64. The van der Waals surface area contributed by atoms with Gasteiger partial charge < -0.3 is 0 Å². The Hall–Kier alpha value is -1.75. The average Bonchev–Trinajstić information content (AvgIpc) is 2.73. The number of aromatic nitrogens is 4. The summed E-state index contributed by atoms with van der Waals surface area (Å²) in [6.45, 7) is 0. The number of fused-ring (bicyclic) bond motifs is 1. The van der Waals surface area contributed by atoms with Gasteiger partial charge in [0.25, 0.3) is 0 Å². The number of pyridine rings is 2. The molecule has 0 aromatic carbocycles. The van der Waals surface area contributed by atoms with E-state index < -0.39 is 0 Å². The van der Waals surface area contributed by atoms with Gasteiger partial charge in [0, 0.05) is 28.6 Å². The van der Waals surface area contributed by atoms with E-state index in [1.54, 1.807) is 16.9 Å². The van der Waals surface area contributed by atoms with Gasteiger partial charge in [0.15, 0.2) is 11.5 Å². The molecule has 0 bridgehead atoms. The van der Waals surface area contributed by atoms with Gasteiger partial charge in [-0.1, -0.05) is 15.9 Å².